The summed E-state index contributed by atoms with van der Waals surface area (Å²) in [6.07, 6.45) is 0.792. The lowest BCUT2D eigenvalue weighted by Gasteiger charge is -2.42. The topological polar surface area (TPSA) is 114 Å². The molecule has 0 aromatic rings. The molecule has 3 amide bonds. The van der Waals surface area contributed by atoms with Crippen LogP contribution in [0.2, 0.25) is 0 Å². The van der Waals surface area contributed by atoms with Gasteiger partial charge in [0.25, 0.3) is 0 Å². The molecule has 1 saturated heterocycles. The Kier molecular flexibility index (Phi) is 7.92. The molecule has 0 aromatic carbocycles. The van der Waals surface area contributed by atoms with Gasteiger partial charge in [0.15, 0.2) is 5.54 Å². The lowest BCUT2D eigenvalue weighted by atomic mass is 9.68. The summed E-state index contributed by atoms with van der Waals surface area (Å²) in [5.41, 5.74) is -4.79. The number of likely N-dealkylation sites (tertiary alicyclic amines) is 1. The van der Waals surface area contributed by atoms with Crippen LogP contribution in [0, 0.1) is 5.41 Å². The molecule has 9 heteroatoms. The van der Waals surface area contributed by atoms with E-state index in [-0.39, 0.29) is 26.1 Å². The molecule has 1 fully saturated rings. The van der Waals surface area contributed by atoms with Crippen LogP contribution < -0.4 is 10.6 Å². The van der Waals surface area contributed by atoms with Crippen molar-refractivity contribution in [2.75, 3.05) is 19.7 Å². The summed E-state index contributed by atoms with van der Waals surface area (Å²) in [6.45, 7) is 16.8. The molecule has 0 saturated carbocycles. The number of hydrogen-bond donors (Lipinski definition) is 2. The predicted molar refractivity (Wildman–Crippen MR) is 116 cm³/mol. The fraction of sp³-hybridized carbons (Fsp3) is 0.727. The quantitative estimate of drug-likeness (QED) is 0.484. The van der Waals surface area contributed by atoms with E-state index in [4.69, 9.17) is 9.47 Å². The van der Waals surface area contributed by atoms with Crippen LogP contribution in [-0.2, 0) is 23.9 Å². The third-order valence-electron chi connectivity index (χ3n) is 4.78. The normalized spacial score (nSPS) is 23.7. The maximum atomic E-state index is 13.6. The second-order valence-corrected chi connectivity index (χ2v) is 9.92. The SMILES string of the molecule is C=CCC1(C(=O)OCC)CN(C(=O)OC(C)(C)C)CC1(NC(C)=O)C(=O)NC(C)(C)C. The first-order chi connectivity index (χ1) is 14.0. The average Bonchev–Trinajstić information content (AvgIpc) is 2.88. The second-order valence-electron chi connectivity index (χ2n) is 9.92. The van der Waals surface area contributed by atoms with Crippen molar-refractivity contribution >= 4 is 23.9 Å². The van der Waals surface area contributed by atoms with Crippen LogP contribution in [0.15, 0.2) is 12.7 Å². The van der Waals surface area contributed by atoms with E-state index in [0.29, 0.717) is 0 Å². The minimum Gasteiger partial charge on any atom is -0.465 e. The first kappa shape index (κ1) is 26.5. The molecule has 31 heavy (non-hydrogen) atoms. The first-order valence-electron chi connectivity index (χ1n) is 10.4. The Morgan fingerprint density at radius 1 is 1.10 bits per heavy atom. The number of amides is 3. The molecule has 1 rings (SSSR count). The Bertz CT molecular complexity index is 737. The molecule has 1 aliphatic rings. The van der Waals surface area contributed by atoms with Gasteiger partial charge in [-0.1, -0.05) is 6.08 Å². The van der Waals surface area contributed by atoms with Gasteiger partial charge in [-0.05, 0) is 54.9 Å². The minimum absolute atomic E-state index is 0.00295. The first-order valence-corrected chi connectivity index (χ1v) is 10.4. The summed E-state index contributed by atoms with van der Waals surface area (Å²) < 4.78 is 10.8. The molecule has 0 aliphatic carbocycles. The highest BCUT2D eigenvalue weighted by Gasteiger charge is 2.68. The van der Waals surface area contributed by atoms with Gasteiger partial charge in [0.05, 0.1) is 13.2 Å². The molecule has 2 atom stereocenters. The summed E-state index contributed by atoms with van der Waals surface area (Å²) in [5, 5.41) is 5.54. The molecule has 0 radical (unpaired) electrons. The molecule has 1 heterocycles. The molecular weight excluding hydrogens is 402 g/mol. The predicted octanol–water partition coefficient (Wildman–Crippen LogP) is 2.15. The van der Waals surface area contributed by atoms with Crippen molar-refractivity contribution in [3.05, 3.63) is 12.7 Å². The van der Waals surface area contributed by atoms with Gasteiger partial charge in [-0.15, -0.1) is 6.58 Å². The Morgan fingerprint density at radius 2 is 1.68 bits per heavy atom. The van der Waals surface area contributed by atoms with Crippen LogP contribution in [0.5, 0.6) is 0 Å². The fourth-order valence-electron chi connectivity index (χ4n) is 3.74. The average molecular weight is 440 g/mol. The van der Waals surface area contributed by atoms with Crippen LogP contribution in [0.4, 0.5) is 4.79 Å². The summed E-state index contributed by atoms with van der Waals surface area (Å²) in [4.78, 5) is 53.3. The molecule has 0 bridgehead atoms. The van der Waals surface area contributed by atoms with E-state index in [1.165, 1.54) is 17.9 Å². The van der Waals surface area contributed by atoms with Gasteiger partial charge in [-0.2, -0.15) is 0 Å². The molecule has 176 valence electrons. The van der Waals surface area contributed by atoms with Crippen molar-refractivity contribution in [1.29, 1.82) is 0 Å². The summed E-state index contributed by atoms with van der Waals surface area (Å²) >= 11 is 0. The lowest BCUT2D eigenvalue weighted by Crippen LogP contribution is -2.71. The van der Waals surface area contributed by atoms with Crippen molar-refractivity contribution in [3.8, 4) is 0 Å². The highest BCUT2D eigenvalue weighted by molar-refractivity contribution is 6.00. The molecule has 9 nitrogen and oxygen atoms in total. The minimum atomic E-state index is -1.77. The lowest BCUT2D eigenvalue weighted by molar-refractivity contribution is -0.163. The summed E-state index contributed by atoms with van der Waals surface area (Å²) in [7, 11) is 0. The van der Waals surface area contributed by atoms with Crippen LogP contribution >= 0.6 is 0 Å². The van der Waals surface area contributed by atoms with Crippen molar-refractivity contribution in [2.45, 2.75) is 78.5 Å². The number of nitrogens with one attached hydrogen (secondary N) is 2. The number of carbonyl (C=O) groups is 4. The van der Waals surface area contributed by atoms with Crippen molar-refractivity contribution < 1.29 is 28.7 Å². The monoisotopic (exact) mass is 439 g/mol. The number of allylic oxidation sites excluding steroid dienone is 1. The molecule has 1 aliphatic heterocycles. The number of hydrogen-bond acceptors (Lipinski definition) is 6. The maximum Gasteiger partial charge on any atom is 0.410 e. The van der Waals surface area contributed by atoms with E-state index < -0.39 is 46.0 Å². The third-order valence-corrected chi connectivity index (χ3v) is 4.78. The largest absolute Gasteiger partial charge is 0.465 e. The zero-order valence-electron chi connectivity index (χ0n) is 20.0. The highest BCUT2D eigenvalue weighted by atomic mass is 16.6. The number of carbonyl (C=O) groups excluding carboxylic acids is 4. The van der Waals surface area contributed by atoms with Gasteiger partial charge in [0.1, 0.15) is 11.0 Å². The summed E-state index contributed by atoms with van der Waals surface area (Å²) in [6, 6.07) is 0. The standard InChI is InChI=1S/C22H37N3O6/c1-10-12-21(17(28)30-11-2)13-25(18(29)31-20(7,8)9)14-22(21,23-15(3)26)16(27)24-19(4,5)6/h10H,1,11-14H2,2-9H3,(H,23,26)(H,24,27). The Hall–Kier alpha value is -2.58. The number of rotatable bonds is 6. The maximum absolute atomic E-state index is 13.6. The van der Waals surface area contributed by atoms with E-state index in [1.54, 1.807) is 48.5 Å². The van der Waals surface area contributed by atoms with Crippen molar-refractivity contribution in [2.24, 2.45) is 5.41 Å². The smallest absolute Gasteiger partial charge is 0.410 e. The van der Waals surface area contributed by atoms with Crippen LogP contribution in [-0.4, -0.2) is 65.2 Å². The molecule has 2 N–H and O–H groups in total. The molecule has 0 aromatic heterocycles. The summed E-state index contributed by atoms with van der Waals surface area (Å²) in [5.74, 6) is -1.80. The molecular formula is C22H37N3O6. The van der Waals surface area contributed by atoms with Gasteiger partial charge < -0.3 is 25.0 Å². The molecule has 0 spiro atoms. The van der Waals surface area contributed by atoms with E-state index in [0.717, 1.165) is 0 Å². The highest BCUT2D eigenvalue weighted by Crippen LogP contribution is 2.45. The van der Waals surface area contributed by atoms with Gasteiger partial charge in [-0.3, -0.25) is 14.4 Å². The van der Waals surface area contributed by atoms with Crippen molar-refractivity contribution in [3.63, 3.8) is 0 Å². The van der Waals surface area contributed by atoms with E-state index in [1.807, 2.05) is 0 Å². The number of esters is 1. The Balaban J connectivity index is 3.70. The van der Waals surface area contributed by atoms with E-state index >= 15 is 0 Å². The van der Waals surface area contributed by atoms with E-state index in [2.05, 4.69) is 17.2 Å². The van der Waals surface area contributed by atoms with Crippen LogP contribution in [0.3, 0.4) is 0 Å². The van der Waals surface area contributed by atoms with Gasteiger partial charge in [0.2, 0.25) is 11.8 Å². The van der Waals surface area contributed by atoms with Gasteiger partial charge >= 0.3 is 12.1 Å². The van der Waals surface area contributed by atoms with Gasteiger partial charge in [-0.25, -0.2) is 4.79 Å². The Morgan fingerprint density at radius 3 is 2.10 bits per heavy atom. The second kappa shape index (κ2) is 9.28. The van der Waals surface area contributed by atoms with E-state index in [9.17, 15) is 19.2 Å². The Labute approximate surface area is 184 Å². The number of nitrogens with zero attached hydrogens (tertiary/aromatic N) is 1. The van der Waals surface area contributed by atoms with Crippen LogP contribution in [0.1, 0.15) is 61.8 Å². The zero-order chi connectivity index (χ0) is 24.3. The van der Waals surface area contributed by atoms with Crippen molar-refractivity contribution in [1.82, 2.24) is 15.5 Å². The number of ether oxygens (including phenoxy) is 2. The fourth-order valence-corrected chi connectivity index (χ4v) is 3.74. The molecule has 2 unspecified atom stereocenters. The van der Waals surface area contributed by atoms with Crippen LogP contribution in [0.25, 0.3) is 0 Å². The van der Waals surface area contributed by atoms with Gasteiger partial charge in [0, 0.05) is 19.0 Å². The zero-order valence-corrected chi connectivity index (χ0v) is 20.0. The third kappa shape index (κ3) is 5.98.